The average Bonchev–Trinajstić information content (AvgIpc) is 2.78. The molecule has 2 fully saturated rings. The number of fused-ring (bicyclic) bond motifs is 2. The average molecular weight is 353 g/mol. The maximum absolute atomic E-state index is 6.19. The van der Waals surface area contributed by atoms with E-state index in [1.165, 1.54) is 19.3 Å². The van der Waals surface area contributed by atoms with Gasteiger partial charge in [0.15, 0.2) is 0 Å². The maximum Gasteiger partial charge on any atom is 0.119 e. The maximum atomic E-state index is 6.19. The smallest absolute Gasteiger partial charge is 0.119 e. The van der Waals surface area contributed by atoms with E-state index in [9.17, 15) is 0 Å². The first-order chi connectivity index (χ1) is 9.93. The summed E-state index contributed by atoms with van der Waals surface area (Å²) in [5.41, 5.74) is 0.763. The summed E-state index contributed by atoms with van der Waals surface area (Å²) < 4.78 is 13.0. The van der Waals surface area contributed by atoms with Crippen molar-refractivity contribution in [1.29, 1.82) is 0 Å². The Kier molecular flexibility index (Phi) is 4.08. The van der Waals surface area contributed by atoms with Gasteiger partial charge >= 0.3 is 0 Å². The highest BCUT2D eigenvalue weighted by Gasteiger charge is 2.61. The Morgan fingerprint density at radius 3 is 2.43 bits per heavy atom. The van der Waals surface area contributed by atoms with Gasteiger partial charge in [0.2, 0.25) is 0 Å². The van der Waals surface area contributed by atoms with E-state index < -0.39 is 0 Å². The normalized spacial score (nSPS) is 33.3. The summed E-state index contributed by atoms with van der Waals surface area (Å²) in [5.74, 6) is 1.74. The van der Waals surface area contributed by atoms with Gasteiger partial charge in [0.1, 0.15) is 12.4 Å². The highest BCUT2D eigenvalue weighted by molar-refractivity contribution is 9.10. The highest BCUT2D eigenvalue weighted by atomic mass is 79.9. The monoisotopic (exact) mass is 352 g/mol. The quantitative estimate of drug-likeness (QED) is 0.689. The fourth-order valence-electron chi connectivity index (χ4n) is 4.26. The zero-order valence-electron chi connectivity index (χ0n) is 13.2. The van der Waals surface area contributed by atoms with E-state index in [1.54, 1.807) is 0 Å². The lowest BCUT2D eigenvalue weighted by atomic mass is 9.70. The van der Waals surface area contributed by atoms with E-state index in [0.717, 1.165) is 16.1 Å². The summed E-state index contributed by atoms with van der Waals surface area (Å²) in [6, 6.07) is 7.95. The van der Waals surface area contributed by atoms with Crippen molar-refractivity contribution in [2.75, 3.05) is 13.2 Å². The molecule has 0 N–H and O–H groups in total. The van der Waals surface area contributed by atoms with Crippen LogP contribution in [0.3, 0.4) is 0 Å². The summed E-state index contributed by atoms with van der Waals surface area (Å²) in [6.45, 7) is 8.57. The van der Waals surface area contributed by atoms with E-state index in [2.05, 4.69) is 36.7 Å². The zero-order valence-corrected chi connectivity index (χ0v) is 14.8. The van der Waals surface area contributed by atoms with Crippen molar-refractivity contribution in [3.8, 4) is 5.75 Å². The Morgan fingerprint density at radius 1 is 1.14 bits per heavy atom. The summed E-state index contributed by atoms with van der Waals surface area (Å²) in [5, 5.41) is 0. The lowest BCUT2D eigenvalue weighted by molar-refractivity contribution is -0.0540. The standard InChI is InChI=1S/C18H25BrO2/c1-17(2)13-8-9-18(17,3)16(12-13)21-11-10-20-15-6-4-14(19)5-7-15/h4-7,13,16H,8-12H2,1-3H3. The summed E-state index contributed by atoms with van der Waals surface area (Å²) in [4.78, 5) is 0. The van der Waals surface area contributed by atoms with Gasteiger partial charge in [-0.2, -0.15) is 0 Å². The molecule has 0 spiro atoms. The van der Waals surface area contributed by atoms with Gasteiger partial charge in [-0.25, -0.2) is 0 Å². The number of hydrogen-bond acceptors (Lipinski definition) is 2. The number of rotatable bonds is 5. The first-order valence-corrected chi connectivity index (χ1v) is 8.73. The Bertz CT molecular complexity index is 496. The third-order valence-corrected chi connectivity index (χ3v) is 6.73. The lowest BCUT2D eigenvalue weighted by Gasteiger charge is -2.38. The molecule has 0 amide bonds. The number of ether oxygens (including phenoxy) is 2. The minimum absolute atomic E-state index is 0.343. The van der Waals surface area contributed by atoms with Crippen molar-refractivity contribution in [1.82, 2.24) is 0 Å². The molecule has 0 aliphatic heterocycles. The molecular weight excluding hydrogens is 328 g/mol. The van der Waals surface area contributed by atoms with Crippen LogP contribution in [0.25, 0.3) is 0 Å². The van der Waals surface area contributed by atoms with E-state index in [1.807, 2.05) is 24.3 Å². The van der Waals surface area contributed by atoms with Crippen molar-refractivity contribution < 1.29 is 9.47 Å². The molecule has 1 aromatic carbocycles. The molecule has 2 aliphatic carbocycles. The Labute approximate surface area is 136 Å². The van der Waals surface area contributed by atoms with Crippen LogP contribution in [0.2, 0.25) is 0 Å². The van der Waals surface area contributed by atoms with Crippen LogP contribution < -0.4 is 4.74 Å². The van der Waals surface area contributed by atoms with Crippen LogP contribution in [0.1, 0.15) is 40.0 Å². The topological polar surface area (TPSA) is 18.5 Å². The predicted molar refractivity (Wildman–Crippen MR) is 88.6 cm³/mol. The fourth-order valence-corrected chi connectivity index (χ4v) is 4.53. The highest BCUT2D eigenvalue weighted by Crippen LogP contribution is 2.66. The van der Waals surface area contributed by atoms with Crippen molar-refractivity contribution >= 4 is 15.9 Å². The molecule has 1 aromatic rings. The minimum atomic E-state index is 0.343. The number of hydrogen-bond donors (Lipinski definition) is 0. The molecule has 2 nitrogen and oxygen atoms in total. The molecule has 3 rings (SSSR count). The lowest BCUT2D eigenvalue weighted by Crippen LogP contribution is -2.37. The van der Waals surface area contributed by atoms with Gasteiger partial charge in [0.05, 0.1) is 12.7 Å². The Hall–Kier alpha value is -0.540. The van der Waals surface area contributed by atoms with Gasteiger partial charge in [0.25, 0.3) is 0 Å². The summed E-state index contributed by atoms with van der Waals surface area (Å²) in [6.07, 6.45) is 4.31. The van der Waals surface area contributed by atoms with Gasteiger partial charge in [-0.3, -0.25) is 0 Å². The van der Waals surface area contributed by atoms with E-state index in [-0.39, 0.29) is 0 Å². The van der Waals surface area contributed by atoms with Crippen LogP contribution in [0.15, 0.2) is 28.7 Å². The van der Waals surface area contributed by atoms with Gasteiger partial charge in [-0.05, 0) is 60.3 Å². The predicted octanol–water partition coefficient (Wildman–Crippen LogP) is 5.06. The van der Waals surface area contributed by atoms with Crippen LogP contribution >= 0.6 is 15.9 Å². The van der Waals surface area contributed by atoms with Gasteiger partial charge in [0, 0.05) is 4.47 Å². The molecule has 2 aliphatic rings. The zero-order chi connectivity index (χ0) is 15.1. The second-order valence-corrected chi connectivity index (χ2v) is 8.19. The van der Waals surface area contributed by atoms with E-state index in [0.29, 0.717) is 30.1 Å². The number of benzene rings is 1. The van der Waals surface area contributed by atoms with Gasteiger partial charge < -0.3 is 9.47 Å². The molecule has 21 heavy (non-hydrogen) atoms. The van der Waals surface area contributed by atoms with Crippen molar-refractivity contribution in [3.63, 3.8) is 0 Å². The van der Waals surface area contributed by atoms with Crippen LogP contribution in [0.4, 0.5) is 0 Å². The van der Waals surface area contributed by atoms with Crippen LogP contribution in [0.5, 0.6) is 5.75 Å². The molecule has 3 heteroatoms. The largest absolute Gasteiger partial charge is 0.491 e. The third kappa shape index (κ3) is 2.63. The first-order valence-electron chi connectivity index (χ1n) is 7.93. The summed E-state index contributed by atoms with van der Waals surface area (Å²) in [7, 11) is 0. The molecule has 2 saturated carbocycles. The van der Waals surface area contributed by atoms with Crippen molar-refractivity contribution in [2.45, 2.75) is 46.1 Å². The van der Waals surface area contributed by atoms with Crippen LogP contribution in [0, 0.1) is 16.7 Å². The molecule has 116 valence electrons. The van der Waals surface area contributed by atoms with Crippen molar-refractivity contribution in [3.05, 3.63) is 28.7 Å². The van der Waals surface area contributed by atoms with Gasteiger partial charge in [-0.1, -0.05) is 36.7 Å². The van der Waals surface area contributed by atoms with Crippen LogP contribution in [-0.4, -0.2) is 19.3 Å². The first kappa shape index (κ1) is 15.4. The second kappa shape index (κ2) is 5.58. The molecule has 0 radical (unpaired) electrons. The molecule has 0 aromatic heterocycles. The minimum Gasteiger partial charge on any atom is -0.491 e. The SMILES string of the molecule is CC1(C)C2CCC1(C)C(OCCOc1ccc(Br)cc1)C2. The van der Waals surface area contributed by atoms with Gasteiger partial charge in [-0.15, -0.1) is 0 Å². The molecular formula is C18H25BrO2. The Balaban J connectivity index is 1.48. The van der Waals surface area contributed by atoms with E-state index in [4.69, 9.17) is 9.47 Å². The second-order valence-electron chi connectivity index (χ2n) is 7.27. The molecule has 2 bridgehead atoms. The molecule has 3 unspecified atom stereocenters. The number of halogens is 1. The fraction of sp³-hybridized carbons (Fsp3) is 0.667. The van der Waals surface area contributed by atoms with E-state index >= 15 is 0 Å². The summed E-state index contributed by atoms with van der Waals surface area (Å²) >= 11 is 3.43. The molecule has 0 saturated heterocycles. The molecule has 3 atom stereocenters. The molecule has 0 heterocycles. The Morgan fingerprint density at radius 2 is 1.86 bits per heavy atom. The van der Waals surface area contributed by atoms with Crippen molar-refractivity contribution in [2.24, 2.45) is 16.7 Å². The van der Waals surface area contributed by atoms with Crippen LogP contribution in [-0.2, 0) is 4.74 Å². The third-order valence-electron chi connectivity index (χ3n) is 6.20.